The van der Waals surface area contributed by atoms with Gasteiger partial charge < -0.3 is 159 Å². The number of carbonyl (C=O) groups is 4. The number of aliphatic hydroxyl groups excluding tert-OH is 16. The molecule has 8 unspecified atom stereocenters. The van der Waals surface area contributed by atoms with Gasteiger partial charge >= 0.3 is 22.3 Å². The van der Waals surface area contributed by atoms with Crippen LogP contribution in [0.3, 0.4) is 0 Å². The minimum Gasteiger partial charge on any atom is -0.822 e. The zero-order valence-corrected chi connectivity index (χ0v) is 34.5. The Balaban J connectivity index is -0.0000000552. The third-order valence-electron chi connectivity index (χ3n) is 4.15. The molecule has 0 saturated heterocycles. The molecule has 0 amide bonds. The maximum atomic E-state index is 10.3. The molecule has 0 heterocycles. The first-order valence-electron chi connectivity index (χ1n) is 13.9. The second-order valence-electron chi connectivity index (χ2n) is 9.07. The van der Waals surface area contributed by atoms with Gasteiger partial charge in [0.25, 0.3) is 0 Å². The van der Waals surface area contributed by atoms with Crippen LogP contribution in [0.2, 0.25) is 0 Å². The van der Waals surface area contributed by atoms with E-state index < -0.39 is 156 Å². The third-order valence-corrected chi connectivity index (χ3v) is 4.15. The van der Waals surface area contributed by atoms with Gasteiger partial charge in [0, 0.05) is 0 Å². The summed E-state index contributed by atoms with van der Waals surface area (Å²) >= 11 is 0. The fourth-order valence-electron chi connectivity index (χ4n) is 1.63. The molecule has 368 valence electrons. The zero-order chi connectivity index (χ0) is 50.6. The summed E-state index contributed by atoms with van der Waals surface area (Å²) in [7, 11) is -21.6. The van der Waals surface area contributed by atoms with Gasteiger partial charge in [-0.05, 0) is 0 Å². The first-order chi connectivity index (χ1) is 26.5. The Bertz CT molecular complexity index is 1050. The van der Waals surface area contributed by atoms with Crippen LogP contribution in [0.4, 0.5) is 0 Å². The van der Waals surface area contributed by atoms with E-state index in [-0.39, 0.29) is 22.3 Å². The largest absolute Gasteiger partial charge is 4.00 e. The van der Waals surface area contributed by atoms with Crippen LogP contribution in [-0.4, -0.2) is 207 Å². The fraction of sp³-hybridized carbons (Fsp3) is 0.696. The van der Waals surface area contributed by atoms with Crippen LogP contribution in [0.15, 0.2) is 0 Å². The molecule has 0 aromatic rings. The van der Waals surface area contributed by atoms with Gasteiger partial charge in [-0.2, -0.15) is 31.3 Å². The second kappa shape index (κ2) is 48.4. The standard InChI is InChI=1S/4C5H10O5.3C.4H3O4P/c4*6-1-3(8)5(10)4(9)2-7;;;;4*1-5(2,3)4/h4*3,5-8,10H,1-2H2;;;;4*(H3,1,2,3,4)/q;;;;3*+4;;;;/p-12. The molecule has 0 spiro atoms. The zero-order valence-electron chi connectivity index (χ0n) is 30.9. The molecule has 0 saturated carbocycles. The van der Waals surface area contributed by atoms with Crippen molar-refractivity contribution >= 4 is 54.4 Å². The van der Waals surface area contributed by atoms with Crippen molar-refractivity contribution in [2.75, 3.05) is 52.9 Å². The molecule has 0 radical (unpaired) electrons. The summed E-state index contributed by atoms with van der Waals surface area (Å²) in [5, 5.41) is 134. The quantitative estimate of drug-likeness (QED) is 0.0638. The second-order valence-corrected chi connectivity index (χ2v) is 12.6. The van der Waals surface area contributed by atoms with Gasteiger partial charge in [-0.15, -0.1) is 0 Å². The molecule has 0 aromatic heterocycles. The Morgan fingerprint density at radius 3 is 0.429 bits per heavy atom. The number of phosphoric acid groups is 4. The Morgan fingerprint density at radius 2 is 0.381 bits per heavy atom. The SMILES string of the molecule is O=C(CO)C(O)C(O)CO.O=C(CO)C(O)C(O)CO.O=C(CO)C(O)C(O)CO.O=C(CO)C(O)C(O)CO.O=P([O-])([O-])[O-].O=P([O-])([O-])[O-].O=P([O-])([O-])[O-].O=P([O-])([O-])[O-].[C+4].[C+4].[C+4]. The molecular formula is C23H40O36P4. The Hall–Kier alpha value is -1.52. The molecule has 0 aliphatic carbocycles. The summed E-state index contributed by atoms with van der Waals surface area (Å²) in [5.74, 6) is -3.61. The molecule has 40 heteroatoms. The summed E-state index contributed by atoms with van der Waals surface area (Å²) in [6, 6.07) is 0. The molecule has 63 heavy (non-hydrogen) atoms. The summed E-state index contributed by atoms with van der Waals surface area (Å²) in [6.07, 6.45) is -12.7. The molecular weight excluding hydrogens is 976 g/mol. The van der Waals surface area contributed by atoms with Crippen LogP contribution in [0.1, 0.15) is 0 Å². The van der Waals surface area contributed by atoms with Crippen molar-refractivity contribution in [1.82, 2.24) is 0 Å². The molecule has 16 N–H and O–H groups in total. The van der Waals surface area contributed by atoms with Crippen molar-refractivity contribution in [2.24, 2.45) is 0 Å². The summed E-state index contributed by atoms with van der Waals surface area (Å²) in [4.78, 5) is 144. The first kappa shape index (κ1) is 88.3. The fourth-order valence-corrected chi connectivity index (χ4v) is 1.63. The predicted molar refractivity (Wildman–Crippen MR) is 165 cm³/mol. The van der Waals surface area contributed by atoms with E-state index in [4.69, 9.17) is 159 Å². The van der Waals surface area contributed by atoms with Gasteiger partial charge in [0.2, 0.25) is 0 Å². The van der Waals surface area contributed by atoms with E-state index in [1.54, 1.807) is 0 Å². The van der Waals surface area contributed by atoms with Crippen molar-refractivity contribution in [3.8, 4) is 0 Å². The van der Waals surface area contributed by atoms with Gasteiger partial charge in [-0.3, -0.25) is 19.2 Å². The monoisotopic (exact) mass is 1020 g/mol. The van der Waals surface area contributed by atoms with Crippen molar-refractivity contribution in [3.63, 3.8) is 0 Å². The minimum atomic E-state index is -5.39. The van der Waals surface area contributed by atoms with Crippen LogP contribution in [0.5, 0.6) is 0 Å². The normalized spacial score (nSPS) is 14.2. The Labute approximate surface area is 356 Å². The van der Waals surface area contributed by atoms with E-state index in [9.17, 15) is 19.2 Å². The summed E-state index contributed by atoms with van der Waals surface area (Å²) in [5.41, 5.74) is 0. The molecule has 0 fully saturated rings. The van der Waals surface area contributed by atoms with Crippen molar-refractivity contribution < 1.29 is 178 Å². The van der Waals surface area contributed by atoms with Crippen molar-refractivity contribution in [3.05, 3.63) is 22.3 Å². The van der Waals surface area contributed by atoms with Crippen LogP contribution in [0, 0.1) is 22.3 Å². The van der Waals surface area contributed by atoms with Crippen LogP contribution in [-0.2, 0) is 37.4 Å². The average molecular weight is 1020 g/mol. The number of carbonyl (C=O) groups excluding carboxylic acids is 4. The third kappa shape index (κ3) is 95.7. The summed E-state index contributed by atoms with van der Waals surface area (Å²) in [6.45, 7) is -6.15. The van der Waals surface area contributed by atoms with E-state index in [1.807, 2.05) is 0 Å². The number of aliphatic hydroxyl groups is 16. The topological polar surface area (TPSA) is 737 Å². The van der Waals surface area contributed by atoms with Gasteiger partial charge in [-0.1, -0.05) is 0 Å². The molecule has 0 aromatic carbocycles. The number of ketones is 4. The molecule has 36 nitrogen and oxygen atoms in total. The Kier molecular flexibility index (Phi) is 67.8. The van der Waals surface area contributed by atoms with Crippen molar-refractivity contribution in [2.45, 2.75) is 48.8 Å². The van der Waals surface area contributed by atoms with E-state index in [2.05, 4.69) is 0 Å². The smallest absolute Gasteiger partial charge is 0.822 e. The van der Waals surface area contributed by atoms with Crippen molar-refractivity contribution in [1.29, 1.82) is 0 Å². The van der Waals surface area contributed by atoms with Crippen LogP contribution >= 0.6 is 31.3 Å². The molecule has 0 aliphatic rings. The van der Waals surface area contributed by atoms with Crippen LogP contribution < -0.4 is 58.7 Å². The van der Waals surface area contributed by atoms with Gasteiger partial charge in [-0.25, -0.2) is 0 Å². The molecule has 0 aliphatic heterocycles. The number of hydrogen-bond acceptors (Lipinski definition) is 36. The van der Waals surface area contributed by atoms with E-state index >= 15 is 0 Å². The van der Waals surface area contributed by atoms with Gasteiger partial charge in [0.05, 0.1) is 26.4 Å². The van der Waals surface area contributed by atoms with E-state index in [0.29, 0.717) is 0 Å². The first-order valence-corrected chi connectivity index (χ1v) is 19.7. The van der Waals surface area contributed by atoms with E-state index in [0.717, 1.165) is 0 Å². The van der Waals surface area contributed by atoms with Crippen LogP contribution in [0.25, 0.3) is 0 Å². The molecule has 0 rings (SSSR count). The average Bonchev–Trinajstić information content (AvgIpc) is 3.11. The number of rotatable bonds is 16. The van der Waals surface area contributed by atoms with E-state index in [1.165, 1.54) is 0 Å². The summed E-state index contributed by atoms with van der Waals surface area (Å²) < 4.78 is 34.2. The number of Topliss-reactive ketones (excluding diaryl/α,β-unsaturated/α-hetero) is 4. The van der Waals surface area contributed by atoms with Gasteiger partial charge in [0.1, 0.15) is 75.3 Å². The number of hydrogen-bond donors (Lipinski definition) is 16. The molecule has 8 atom stereocenters. The van der Waals surface area contributed by atoms with Gasteiger partial charge in [0.15, 0.2) is 23.1 Å². The maximum absolute atomic E-state index is 10.3. The molecule has 0 bridgehead atoms. The maximum Gasteiger partial charge on any atom is 4.00 e. The minimum absolute atomic E-state index is 0. The predicted octanol–water partition coefficient (Wildman–Crippen LogP) is -22.0. The Morgan fingerprint density at radius 1 is 0.302 bits per heavy atom.